The van der Waals surface area contributed by atoms with Gasteiger partial charge in [-0.15, -0.1) is 0 Å². The number of fused-ring (bicyclic) bond motifs is 1. The Kier molecular flexibility index (Phi) is 4.01. The highest BCUT2D eigenvalue weighted by atomic mass is 19.1. The van der Waals surface area contributed by atoms with Crippen molar-refractivity contribution in [2.75, 3.05) is 5.32 Å². The lowest BCUT2D eigenvalue weighted by Crippen LogP contribution is -2.03. The zero-order valence-electron chi connectivity index (χ0n) is 13.7. The van der Waals surface area contributed by atoms with Crippen molar-refractivity contribution in [3.63, 3.8) is 0 Å². The molecule has 0 radical (unpaired) electrons. The Morgan fingerprint density at radius 1 is 0.885 bits per heavy atom. The van der Waals surface area contributed by atoms with E-state index in [-0.39, 0.29) is 17.4 Å². The summed E-state index contributed by atoms with van der Waals surface area (Å²) in [5.74, 6) is 0.103. The molecule has 0 spiro atoms. The molecule has 0 aliphatic heterocycles. The fourth-order valence-electron chi connectivity index (χ4n) is 2.80. The minimum absolute atomic E-state index is 0.157. The number of aromatic nitrogens is 2. The number of nitrogens with one attached hydrogen (secondary N) is 1. The first-order valence-electron chi connectivity index (χ1n) is 8.05. The summed E-state index contributed by atoms with van der Waals surface area (Å²) < 4.78 is 28.5. The summed E-state index contributed by atoms with van der Waals surface area (Å²) in [4.78, 5) is 4.57. The predicted octanol–water partition coefficient (Wildman–Crippen LogP) is 4.60. The predicted molar refractivity (Wildman–Crippen MR) is 96.0 cm³/mol. The van der Waals surface area contributed by atoms with Crippen molar-refractivity contribution < 1.29 is 13.9 Å². The molecule has 2 heterocycles. The monoisotopic (exact) mass is 351 g/mol. The molecule has 0 saturated heterocycles. The fourth-order valence-corrected chi connectivity index (χ4v) is 2.80. The van der Waals surface area contributed by atoms with Crippen LogP contribution in [0.3, 0.4) is 0 Å². The third kappa shape index (κ3) is 3.09. The molecule has 0 saturated carbocycles. The summed E-state index contributed by atoms with van der Waals surface area (Å²) in [5, 5.41) is 12.8. The zero-order valence-corrected chi connectivity index (χ0v) is 13.7. The van der Waals surface area contributed by atoms with Gasteiger partial charge in [-0.2, -0.15) is 0 Å². The third-order valence-electron chi connectivity index (χ3n) is 4.10. The number of hydrogen-bond acceptors (Lipinski definition) is 3. The Balaban J connectivity index is 1.76. The van der Waals surface area contributed by atoms with Crippen LogP contribution in [0.2, 0.25) is 0 Å². The van der Waals surface area contributed by atoms with Crippen LogP contribution in [0.15, 0.2) is 66.9 Å². The van der Waals surface area contributed by atoms with Crippen LogP contribution in [-0.2, 0) is 6.54 Å². The van der Waals surface area contributed by atoms with Gasteiger partial charge in [0.2, 0.25) is 0 Å². The number of nitrogens with zero attached hydrogens (tertiary/aromatic N) is 2. The van der Waals surface area contributed by atoms with Crippen LogP contribution in [0, 0.1) is 11.6 Å². The average Bonchev–Trinajstić information content (AvgIpc) is 2.99. The van der Waals surface area contributed by atoms with Gasteiger partial charge in [0.25, 0.3) is 0 Å². The van der Waals surface area contributed by atoms with Crippen molar-refractivity contribution in [3.05, 3.63) is 84.1 Å². The van der Waals surface area contributed by atoms with E-state index in [9.17, 15) is 13.9 Å². The fraction of sp³-hybridized carbons (Fsp3) is 0.0500. The summed E-state index contributed by atoms with van der Waals surface area (Å²) in [5.41, 5.74) is 2.90. The SMILES string of the molecule is Oc1ccc(-c2nc3ccc(F)cn3c2NCc2ccc(F)cc2)cc1. The quantitative estimate of drug-likeness (QED) is 0.565. The highest BCUT2D eigenvalue weighted by Crippen LogP contribution is 2.30. The Bertz CT molecular complexity index is 1060. The second kappa shape index (κ2) is 6.48. The van der Waals surface area contributed by atoms with Gasteiger partial charge in [-0.25, -0.2) is 13.8 Å². The first kappa shape index (κ1) is 16.1. The maximum Gasteiger partial charge on any atom is 0.140 e. The van der Waals surface area contributed by atoms with E-state index in [4.69, 9.17) is 0 Å². The van der Waals surface area contributed by atoms with E-state index in [1.165, 1.54) is 24.4 Å². The van der Waals surface area contributed by atoms with E-state index in [1.54, 1.807) is 46.9 Å². The summed E-state index contributed by atoms with van der Waals surface area (Å²) in [6.45, 7) is 0.426. The standard InChI is InChI=1S/C20H15F2N3O/c21-15-5-1-13(2-6-15)11-23-20-19(14-3-8-17(26)9-4-14)24-18-10-7-16(22)12-25(18)20/h1-10,12,23,26H,11H2. The molecule has 6 heteroatoms. The van der Waals surface area contributed by atoms with Crippen LogP contribution in [0.4, 0.5) is 14.6 Å². The average molecular weight is 351 g/mol. The Morgan fingerprint density at radius 2 is 1.58 bits per heavy atom. The summed E-state index contributed by atoms with van der Waals surface area (Å²) >= 11 is 0. The number of anilines is 1. The maximum absolute atomic E-state index is 13.7. The van der Waals surface area contributed by atoms with Gasteiger partial charge >= 0.3 is 0 Å². The zero-order chi connectivity index (χ0) is 18.1. The second-order valence-corrected chi connectivity index (χ2v) is 5.91. The van der Waals surface area contributed by atoms with Crippen molar-refractivity contribution in [3.8, 4) is 17.0 Å². The normalized spacial score (nSPS) is 11.0. The van der Waals surface area contributed by atoms with Gasteiger partial charge in [0.05, 0.1) is 0 Å². The van der Waals surface area contributed by atoms with Crippen LogP contribution >= 0.6 is 0 Å². The maximum atomic E-state index is 13.7. The lowest BCUT2D eigenvalue weighted by Gasteiger charge is -2.09. The van der Waals surface area contributed by atoms with Crippen LogP contribution in [0.1, 0.15) is 5.56 Å². The van der Waals surface area contributed by atoms with Gasteiger partial charge in [-0.05, 0) is 54.1 Å². The van der Waals surface area contributed by atoms with E-state index in [1.807, 2.05) is 0 Å². The van der Waals surface area contributed by atoms with Gasteiger partial charge in [-0.3, -0.25) is 4.40 Å². The summed E-state index contributed by atoms with van der Waals surface area (Å²) in [6, 6.07) is 15.8. The molecular formula is C20H15F2N3O. The molecule has 26 heavy (non-hydrogen) atoms. The topological polar surface area (TPSA) is 49.6 Å². The first-order chi connectivity index (χ1) is 12.6. The number of pyridine rings is 1. The Morgan fingerprint density at radius 3 is 2.31 bits per heavy atom. The lowest BCUT2D eigenvalue weighted by molar-refractivity contribution is 0.475. The summed E-state index contributed by atoms with van der Waals surface area (Å²) in [6.07, 6.45) is 1.36. The number of rotatable bonds is 4. The molecule has 2 aromatic carbocycles. The molecule has 0 amide bonds. The van der Waals surface area contributed by atoms with Gasteiger partial charge in [-0.1, -0.05) is 12.1 Å². The molecule has 2 aromatic heterocycles. The number of phenols is 1. The van der Waals surface area contributed by atoms with Gasteiger partial charge in [0, 0.05) is 18.3 Å². The minimum atomic E-state index is -0.378. The molecule has 4 aromatic rings. The Labute approximate surface area is 148 Å². The van der Waals surface area contributed by atoms with Crippen molar-refractivity contribution in [1.29, 1.82) is 0 Å². The van der Waals surface area contributed by atoms with Gasteiger partial charge in [0.1, 0.15) is 34.5 Å². The number of hydrogen-bond donors (Lipinski definition) is 2. The lowest BCUT2D eigenvalue weighted by atomic mass is 10.1. The molecule has 0 fully saturated rings. The molecule has 2 N–H and O–H groups in total. The van der Waals surface area contributed by atoms with Gasteiger partial charge in [0.15, 0.2) is 0 Å². The third-order valence-corrected chi connectivity index (χ3v) is 4.10. The van der Waals surface area contributed by atoms with Crippen LogP contribution in [0.25, 0.3) is 16.9 Å². The van der Waals surface area contributed by atoms with E-state index in [2.05, 4.69) is 10.3 Å². The molecule has 0 bridgehead atoms. The first-order valence-corrected chi connectivity index (χ1v) is 8.05. The van der Waals surface area contributed by atoms with Gasteiger partial charge < -0.3 is 10.4 Å². The molecule has 0 unspecified atom stereocenters. The minimum Gasteiger partial charge on any atom is -0.508 e. The van der Waals surface area contributed by atoms with E-state index >= 15 is 0 Å². The van der Waals surface area contributed by atoms with Crippen molar-refractivity contribution in [2.45, 2.75) is 6.54 Å². The Hall–Kier alpha value is -3.41. The van der Waals surface area contributed by atoms with Crippen molar-refractivity contribution >= 4 is 11.5 Å². The number of phenolic OH excluding ortho intramolecular Hbond substituents is 1. The van der Waals surface area contributed by atoms with E-state index < -0.39 is 0 Å². The number of benzene rings is 2. The molecule has 4 nitrogen and oxygen atoms in total. The molecular weight excluding hydrogens is 336 g/mol. The van der Waals surface area contributed by atoms with E-state index in [0.717, 1.165) is 11.1 Å². The molecule has 0 atom stereocenters. The largest absolute Gasteiger partial charge is 0.508 e. The molecule has 130 valence electrons. The summed E-state index contributed by atoms with van der Waals surface area (Å²) in [7, 11) is 0. The highest BCUT2D eigenvalue weighted by Gasteiger charge is 2.14. The number of aromatic hydroxyl groups is 1. The number of imidazole rings is 1. The second-order valence-electron chi connectivity index (χ2n) is 5.91. The van der Waals surface area contributed by atoms with Crippen LogP contribution < -0.4 is 5.32 Å². The van der Waals surface area contributed by atoms with Crippen molar-refractivity contribution in [1.82, 2.24) is 9.38 Å². The van der Waals surface area contributed by atoms with Crippen LogP contribution in [0.5, 0.6) is 5.75 Å². The molecule has 0 aliphatic carbocycles. The smallest absolute Gasteiger partial charge is 0.140 e. The highest BCUT2D eigenvalue weighted by molar-refractivity contribution is 5.76. The molecule has 0 aliphatic rings. The van der Waals surface area contributed by atoms with Crippen LogP contribution in [-0.4, -0.2) is 14.5 Å². The van der Waals surface area contributed by atoms with E-state index in [0.29, 0.717) is 23.7 Å². The number of halogens is 2. The van der Waals surface area contributed by atoms with Crippen molar-refractivity contribution in [2.24, 2.45) is 0 Å². The molecule has 4 rings (SSSR count).